The van der Waals surface area contributed by atoms with E-state index in [1.165, 1.54) is 7.11 Å². The minimum absolute atomic E-state index is 0.0365. The SMILES string of the molecule is COc1coc(C(=O)Nc2nn(C)c3cccc(N4CCOCC4)c23)cc1=O. The normalized spacial score (nSPS) is 14.3. The van der Waals surface area contributed by atoms with Gasteiger partial charge < -0.3 is 24.1 Å². The van der Waals surface area contributed by atoms with E-state index in [0.717, 1.165) is 42.0 Å². The smallest absolute Gasteiger partial charge is 0.292 e. The number of anilines is 2. The Morgan fingerprint density at radius 2 is 2.07 bits per heavy atom. The van der Waals surface area contributed by atoms with E-state index in [1.807, 2.05) is 25.2 Å². The number of ether oxygens (including phenoxy) is 2. The molecule has 0 saturated carbocycles. The molecule has 0 spiro atoms. The Morgan fingerprint density at radius 1 is 1.29 bits per heavy atom. The fourth-order valence-electron chi connectivity index (χ4n) is 3.29. The third-order valence-electron chi connectivity index (χ3n) is 4.68. The van der Waals surface area contributed by atoms with Crippen LogP contribution in [-0.4, -0.2) is 49.1 Å². The molecule has 3 heterocycles. The van der Waals surface area contributed by atoms with E-state index in [9.17, 15) is 9.59 Å². The van der Waals surface area contributed by atoms with Gasteiger partial charge in [-0.3, -0.25) is 14.3 Å². The van der Waals surface area contributed by atoms with Crippen LogP contribution in [0.5, 0.6) is 5.75 Å². The van der Waals surface area contributed by atoms with Gasteiger partial charge in [-0.25, -0.2) is 0 Å². The van der Waals surface area contributed by atoms with Crippen LogP contribution in [0, 0.1) is 0 Å². The highest BCUT2D eigenvalue weighted by Gasteiger charge is 2.21. The molecule has 3 aromatic rings. The van der Waals surface area contributed by atoms with Gasteiger partial charge >= 0.3 is 0 Å². The van der Waals surface area contributed by atoms with Crippen molar-refractivity contribution in [1.82, 2.24) is 9.78 Å². The number of aromatic nitrogens is 2. The number of hydrogen-bond donors (Lipinski definition) is 1. The van der Waals surface area contributed by atoms with Gasteiger partial charge in [0.05, 0.1) is 36.9 Å². The molecule has 1 aliphatic rings. The van der Waals surface area contributed by atoms with Crippen molar-refractivity contribution in [1.29, 1.82) is 0 Å². The zero-order valence-corrected chi connectivity index (χ0v) is 15.6. The number of nitrogens with zero attached hydrogens (tertiary/aromatic N) is 3. The number of fused-ring (bicyclic) bond motifs is 1. The Balaban J connectivity index is 1.71. The summed E-state index contributed by atoms with van der Waals surface area (Å²) in [5, 5.41) is 8.04. The zero-order valence-electron chi connectivity index (χ0n) is 15.6. The molecular formula is C19H20N4O5. The van der Waals surface area contributed by atoms with Gasteiger partial charge in [-0.15, -0.1) is 0 Å². The van der Waals surface area contributed by atoms with E-state index in [4.69, 9.17) is 13.9 Å². The van der Waals surface area contributed by atoms with Gasteiger partial charge in [0.15, 0.2) is 11.6 Å². The van der Waals surface area contributed by atoms with Crippen molar-refractivity contribution in [3.05, 3.63) is 46.5 Å². The second kappa shape index (κ2) is 7.35. The number of methoxy groups -OCH3 is 1. The summed E-state index contributed by atoms with van der Waals surface area (Å²) in [6.45, 7) is 2.81. The van der Waals surface area contributed by atoms with E-state index in [1.54, 1.807) is 4.68 Å². The van der Waals surface area contributed by atoms with Crippen LogP contribution in [0.15, 0.2) is 39.7 Å². The molecule has 4 rings (SSSR count). The molecule has 1 aliphatic heterocycles. The molecule has 2 aromatic heterocycles. The fourth-order valence-corrected chi connectivity index (χ4v) is 3.29. The minimum atomic E-state index is -0.559. The summed E-state index contributed by atoms with van der Waals surface area (Å²) < 4.78 is 17.2. The van der Waals surface area contributed by atoms with Gasteiger partial charge in [0.1, 0.15) is 6.26 Å². The number of hydrogen-bond acceptors (Lipinski definition) is 7. The molecule has 146 valence electrons. The molecule has 9 heteroatoms. The molecule has 1 fully saturated rings. The summed E-state index contributed by atoms with van der Waals surface area (Å²) in [5.41, 5.74) is 1.43. The lowest BCUT2D eigenvalue weighted by Gasteiger charge is -2.29. The van der Waals surface area contributed by atoms with Crippen LogP contribution in [0.25, 0.3) is 10.9 Å². The summed E-state index contributed by atoms with van der Waals surface area (Å²) in [7, 11) is 3.17. The summed E-state index contributed by atoms with van der Waals surface area (Å²) in [6.07, 6.45) is 1.12. The summed E-state index contributed by atoms with van der Waals surface area (Å²) in [6, 6.07) is 7.00. The summed E-state index contributed by atoms with van der Waals surface area (Å²) in [4.78, 5) is 26.7. The minimum Gasteiger partial charge on any atom is -0.490 e. The lowest BCUT2D eigenvalue weighted by molar-refractivity contribution is 0.0993. The van der Waals surface area contributed by atoms with Gasteiger partial charge in [-0.2, -0.15) is 5.10 Å². The Morgan fingerprint density at radius 3 is 2.79 bits per heavy atom. The van der Waals surface area contributed by atoms with Crippen molar-refractivity contribution in [3.8, 4) is 5.75 Å². The summed E-state index contributed by atoms with van der Waals surface area (Å²) in [5.74, 6) is -0.234. The molecule has 1 saturated heterocycles. The molecule has 0 radical (unpaired) electrons. The van der Waals surface area contributed by atoms with Crippen molar-refractivity contribution < 1.29 is 18.7 Å². The van der Waals surface area contributed by atoms with Gasteiger partial charge in [-0.1, -0.05) is 6.07 Å². The highest BCUT2D eigenvalue weighted by molar-refractivity contribution is 6.09. The first-order chi connectivity index (χ1) is 13.6. The highest BCUT2D eigenvalue weighted by Crippen LogP contribution is 2.33. The van der Waals surface area contributed by atoms with Crippen molar-refractivity contribution in [2.45, 2.75) is 0 Å². The molecule has 28 heavy (non-hydrogen) atoms. The molecule has 1 N–H and O–H groups in total. The maximum atomic E-state index is 12.6. The molecule has 0 atom stereocenters. The third-order valence-corrected chi connectivity index (χ3v) is 4.68. The maximum absolute atomic E-state index is 12.6. The molecule has 0 unspecified atom stereocenters. The van der Waals surface area contributed by atoms with Crippen LogP contribution in [0.3, 0.4) is 0 Å². The first kappa shape index (κ1) is 18.1. The number of morpholine rings is 1. The average Bonchev–Trinajstić information content (AvgIpc) is 3.04. The van der Waals surface area contributed by atoms with Crippen molar-refractivity contribution in [2.24, 2.45) is 7.05 Å². The predicted octanol–water partition coefficient (Wildman–Crippen LogP) is 1.62. The topological polar surface area (TPSA) is 98.8 Å². The van der Waals surface area contributed by atoms with Crippen LogP contribution >= 0.6 is 0 Å². The van der Waals surface area contributed by atoms with Gasteiger partial charge in [0.2, 0.25) is 11.2 Å². The second-order valence-corrected chi connectivity index (χ2v) is 6.37. The van der Waals surface area contributed by atoms with E-state index >= 15 is 0 Å². The van der Waals surface area contributed by atoms with Crippen LogP contribution in [-0.2, 0) is 11.8 Å². The Bertz CT molecular complexity index is 1080. The monoisotopic (exact) mass is 384 g/mol. The Labute approximate surface area is 160 Å². The lowest BCUT2D eigenvalue weighted by atomic mass is 10.1. The number of rotatable bonds is 4. The molecule has 0 aliphatic carbocycles. The van der Waals surface area contributed by atoms with Gasteiger partial charge in [0, 0.05) is 26.2 Å². The fraction of sp³-hybridized carbons (Fsp3) is 0.316. The number of carbonyl (C=O) groups is 1. The quantitative estimate of drug-likeness (QED) is 0.730. The lowest BCUT2D eigenvalue weighted by Crippen LogP contribution is -2.36. The highest BCUT2D eigenvalue weighted by atomic mass is 16.5. The standard InChI is InChI=1S/C19H20N4O5/c1-22-12-4-3-5-13(23-6-8-27-9-7-23)17(12)18(21-22)20-19(25)15-10-14(24)16(26-2)11-28-15/h3-5,10-11H,6-9H2,1-2H3,(H,20,21,25). The van der Waals surface area contributed by atoms with Crippen LogP contribution in [0.4, 0.5) is 11.5 Å². The molecule has 0 bridgehead atoms. The largest absolute Gasteiger partial charge is 0.490 e. The molecule has 1 aromatic carbocycles. The van der Waals surface area contributed by atoms with E-state index < -0.39 is 11.3 Å². The van der Waals surface area contributed by atoms with Crippen molar-refractivity contribution in [3.63, 3.8) is 0 Å². The molecule has 9 nitrogen and oxygen atoms in total. The van der Waals surface area contributed by atoms with E-state index in [-0.39, 0.29) is 11.5 Å². The van der Waals surface area contributed by atoms with Crippen LogP contribution in [0.2, 0.25) is 0 Å². The zero-order chi connectivity index (χ0) is 19.7. The number of aryl methyl sites for hydroxylation is 1. The third kappa shape index (κ3) is 3.20. The number of nitrogens with one attached hydrogen (secondary N) is 1. The summed E-state index contributed by atoms with van der Waals surface area (Å²) >= 11 is 0. The Hall–Kier alpha value is -3.33. The average molecular weight is 384 g/mol. The van der Waals surface area contributed by atoms with E-state index in [0.29, 0.717) is 19.0 Å². The van der Waals surface area contributed by atoms with Crippen molar-refractivity contribution in [2.75, 3.05) is 43.6 Å². The number of amides is 1. The number of benzene rings is 1. The second-order valence-electron chi connectivity index (χ2n) is 6.37. The predicted molar refractivity (Wildman–Crippen MR) is 103 cm³/mol. The maximum Gasteiger partial charge on any atom is 0.292 e. The number of carbonyl (C=O) groups excluding carboxylic acids is 1. The Kier molecular flexibility index (Phi) is 4.74. The molecule has 1 amide bonds. The van der Waals surface area contributed by atoms with E-state index in [2.05, 4.69) is 15.3 Å². The van der Waals surface area contributed by atoms with Gasteiger partial charge in [-0.05, 0) is 12.1 Å². The molecular weight excluding hydrogens is 364 g/mol. The van der Waals surface area contributed by atoms with Gasteiger partial charge in [0.25, 0.3) is 5.91 Å². The first-order valence-electron chi connectivity index (χ1n) is 8.85. The van der Waals surface area contributed by atoms with Crippen LogP contribution in [0.1, 0.15) is 10.6 Å². The van der Waals surface area contributed by atoms with Crippen molar-refractivity contribution >= 4 is 28.3 Å². The first-order valence-corrected chi connectivity index (χ1v) is 8.85. The van der Waals surface area contributed by atoms with Crippen LogP contribution < -0.4 is 20.4 Å².